The summed E-state index contributed by atoms with van der Waals surface area (Å²) in [5, 5.41) is 0. The van der Waals surface area contributed by atoms with Crippen molar-refractivity contribution in [2.45, 2.75) is 57.3 Å². The zero-order valence-electron chi connectivity index (χ0n) is 8.07. The Morgan fingerprint density at radius 1 is 0.846 bits per heavy atom. The molecule has 2 rings (SSSR count). The molecule has 0 N–H and O–H groups in total. The molecular formula is C11H18F2. The SMILES string of the molecule is FC1(F)CCC(C2CCCCC2)C1. The molecule has 2 fully saturated rings. The summed E-state index contributed by atoms with van der Waals surface area (Å²) in [5.41, 5.74) is 0. The monoisotopic (exact) mass is 188 g/mol. The maximum atomic E-state index is 12.9. The van der Waals surface area contributed by atoms with E-state index < -0.39 is 5.92 Å². The van der Waals surface area contributed by atoms with Crippen LogP contribution in [-0.2, 0) is 0 Å². The lowest BCUT2D eigenvalue weighted by molar-refractivity contribution is 0.00110. The van der Waals surface area contributed by atoms with E-state index in [1.165, 1.54) is 32.1 Å². The highest BCUT2D eigenvalue weighted by atomic mass is 19.3. The third kappa shape index (κ3) is 2.21. The van der Waals surface area contributed by atoms with Gasteiger partial charge in [0, 0.05) is 12.8 Å². The molecule has 0 aromatic rings. The number of hydrogen-bond donors (Lipinski definition) is 0. The van der Waals surface area contributed by atoms with E-state index in [9.17, 15) is 8.78 Å². The Hall–Kier alpha value is -0.140. The topological polar surface area (TPSA) is 0 Å². The summed E-state index contributed by atoms with van der Waals surface area (Å²) in [4.78, 5) is 0. The van der Waals surface area contributed by atoms with Crippen LogP contribution in [0, 0.1) is 11.8 Å². The lowest BCUT2D eigenvalue weighted by atomic mass is 9.79. The molecule has 0 aromatic heterocycles. The first kappa shape index (κ1) is 9.42. The second-order valence-electron chi connectivity index (χ2n) is 4.76. The van der Waals surface area contributed by atoms with Crippen LogP contribution < -0.4 is 0 Å². The van der Waals surface area contributed by atoms with E-state index >= 15 is 0 Å². The summed E-state index contributed by atoms with van der Waals surface area (Å²) in [6.45, 7) is 0. The van der Waals surface area contributed by atoms with Crippen molar-refractivity contribution in [2.75, 3.05) is 0 Å². The highest BCUT2D eigenvalue weighted by Gasteiger charge is 2.42. The van der Waals surface area contributed by atoms with E-state index in [0.29, 0.717) is 11.8 Å². The number of halogens is 2. The number of hydrogen-bond acceptors (Lipinski definition) is 0. The standard InChI is InChI=1S/C11H18F2/c12-11(13)7-6-10(8-11)9-4-2-1-3-5-9/h9-10H,1-8H2. The quantitative estimate of drug-likeness (QED) is 0.583. The Labute approximate surface area is 78.7 Å². The van der Waals surface area contributed by atoms with Crippen molar-refractivity contribution in [3.63, 3.8) is 0 Å². The van der Waals surface area contributed by atoms with Gasteiger partial charge in [0.05, 0.1) is 0 Å². The lowest BCUT2D eigenvalue weighted by Crippen LogP contribution is -2.18. The molecule has 0 saturated heterocycles. The van der Waals surface area contributed by atoms with E-state index in [4.69, 9.17) is 0 Å². The first-order valence-electron chi connectivity index (χ1n) is 5.55. The molecule has 0 aromatic carbocycles. The minimum Gasteiger partial charge on any atom is -0.207 e. The van der Waals surface area contributed by atoms with Crippen LogP contribution in [0.15, 0.2) is 0 Å². The molecule has 0 radical (unpaired) electrons. The van der Waals surface area contributed by atoms with Gasteiger partial charge in [-0.05, 0) is 18.3 Å². The fourth-order valence-corrected chi connectivity index (χ4v) is 2.99. The summed E-state index contributed by atoms with van der Waals surface area (Å²) in [5.74, 6) is -1.36. The molecule has 2 saturated carbocycles. The second kappa shape index (κ2) is 3.55. The molecule has 0 aliphatic heterocycles. The first-order valence-corrected chi connectivity index (χ1v) is 5.55. The highest BCUT2D eigenvalue weighted by molar-refractivity contribution is 4.86. The summed E-state index contributed by atoms with van der Waals surface area (Å²) in [7, 11) is 0. The Balaban J connectivity index is 1.87. The molecule has 0 amide bonds. The third-order valence-corrected chi connectivity index (χ3v) is 3.76. The zero-order valence-corrected chi connectivity index (χ0v) is 8.07. The van der Waals surface area contributed by atoms with Crippen LogP contribution in [0.4, 0.5) is 8.78 Å². The summed E-state index contributed by atoms with van der Waals surface area (Å²) in [6.07, 6.45) is 7.38. The fourth-order valence-electron chi connectivity index (χ4n) is 2.99. The first-order chi connectivity index (χ1) is 6.17. The van der Waals surface area contributed by atoms with Crippen molar-refractivity contribution in [3.8, 4) is 0 Å². The van der Waals surface area contributed by atoms with Crippen molar-refractivity contribution in [1.29, 1.82) is 0 Å². The van der Waals surface area contributed by atoms with Gasteiger partial charge in [-0.1, -0.05) is 32.1 Å². The van der Waals surface area contributed by atoms with Gasteiger partial charge in [-0.25, -0.2) is 8.78 Å². The largest absolute Gasteiger partial charge is 0.248 e. The van der Waals surface area contributed by atoms with Gasteiger partial charge in [-0.3, -0.25) is 0 Å². The van der Waals surface area contributed by atoms with Gasteiger partial charge in [-0.2, -0.15) is 0 Å². The minimum absolute atomic E-state index is 0.147. The van der Waals surface area contributed by atoms with Crippen molar-refractivity contribution in [1.82, 2.24) is 0 Å². The average Bonchev–Trinajstić information content (AvgIpc) is 2.48. The Bertz CT molecular complexity index is 171. The predicted molar refractivity (Wildman–Crippen MR) is 48.9 cm³/mol. The molecule has 0 spiro atoms. The van der Waals surface area contributed by atoms with Crippen molar-refractivity contribution in [3.05, 3.63) is 0 Å². The second-order valence-corrected chi connectivity index (χ2v) is 4.76. The van der Waals surface area contributed by atoms with E-state index in [-0.39, 0.29) is 12.8 Å². The Morgan fingerprint density at radius 3 is 2.08 bits per heavy atom. The van der Waals surface area contributed by atoms with E-state index in [0.717, 1.165) is 6.42 Å². The van der Waals surface area contributed by atoms with E-state index in [1.54, 1.807) is 0 Å². The van der Waals surface area contributed by atoms with Crippen molar-refractivity contribution < 1.29 is 8.78 Å². The normalized spacial score (nSPS) is 35.1. The van der Waals surface area contributed by atoms with Crippen LogP contribution in [0.1, 0.15) is 51.4 Å². The molecule has 1 atom stereocenters. The third-order valence-electron chi connectivity index (χ3n) is 3.76. The van der Waals surface area contributed by atoms with Gasteiger partial charge >= 0.3 is 0 Å². The zero-order chi connectivity index (χ0) is 9.31. The van der Waals surface area contributed by atoms with Gasteiger partial charge in [0.2, 0.25) is 5.92 Å². The molecule has 0 heterocycles. The van der Waals surface area contributed by atoms with Crippen LogP contribution in [0.25, 0.3) is 0 Å². The smallest absolute Gasteiger partial charge is 0.207 e. The molecule has 2 aliphatic carbocycles. The maximum absolute atomic E-state index is 12.9. The summed E-state index contributed by atoms with van der Waals surface area (Å²) < 4.78 is 25.9. The Kier molecular flexibility index (Phi) is 2.57. The molecule has 2 aliphatic rings. The molecule has 0 nitrogen and oxygen atoms in total. The van der Waals surface area contributed by atoms with Crippen LogP contribution in [0.5, 0.6) is 0 Å². The van der Waals surface area contributed by atoms with Crippen LogP contribution in [0.2, 0.25) is 0 Å². The van der Waals surface area contributed by atoms with E-state index in [1.807, 2.05) is 0 Å². The molecule has 0 bridgehead atoms. The van der Waals surface area contributed by atoms with Gasteiger partial charge in [0.1, 0.15) is 0 Å². The van der Waals surface area contributed by atoms with Crippen LogP contribution in [-0.4, -0.2) is 5.92 Å². The molecule has 76 valence electrons. The van der Waals surface area contributed by atoms with E-state index in [2.05, 4.69) is 0 Å². The predicted octanol–water partition coefficient (Wildman–Crippen LogP) is 4.00. The molecule has 2 heteroatoms. The number of alkyl halides is 2. The molecular weight excluding hydrogens is 170 g/mol. The summed E-state index contributed by atoms with van der Waals surface area (Å²) >= 11 is 0. The Morgan fingerprint density at radius 2 is 1.54 bits per heavy atom. The van der Waals surface area contributed by atoms with Gasteiger partial charge in [0.15, 0.2) is 0 Å². The lowest BCUT2D eigenvalue weighted by Gasteiger charge is -2.27. The minimum atomic E-state index is -2.33. The molecule has 1 unspecified atom stereocenters. The number of rotatable bonds is 1. The molecule has 13 heavy (non-hydrogen) atoms. The van der Waals surface area contributed by atoms with Crippen LogP contribution in [0.3, 0.4) is 0 Å². The average molecular weight is 188 g/mol. The summed E-state index contributed by atoms with van der Waals surface area (Å²) in [6, 6.07) is 0. The van der Waals surface area contributed by atoms with Gasteiger partial charge in [-0.15, -0.1) is 0 Å². The van der Waals surface area contributed by atoms with Crippen LogP contribution >= 0.6 is 0 Å². The van der Waals surface area contributed by atoms with Gasteiger partial charge in [0.25, 0.3) is 0 Å². The fraction of sp³-hybridized carbons (Fsp3) is 1.00. The van der Waals surface area contributed by atoms with Crippen molar-refractivity contribution >= 4 is 0 Å². The highest BCUT2D eigenvalue weighted by Crippen LogP contribution is 2.45. The van der Waals surface area contributed by atoms with Gasteiger partial charge < -0.3 is 0 Å². The maximum Gasteiger partial charge on any atom is 0.248 e. The van der Waals surface area contributed by atoms with Crippen molar-refractivity contribution in [2.24, 2.45) is 11.8 Å².